The third kappa shape index (κ3) is 4.60. The largest absolute Gasteiger partial charge is 0.399 e. The number of carbonyl (C=O) groups is 1. The molecule has 0 unspecified atom stereocenters. The molecule has 0 aliphatic carbocycles. The van der Waals surface area contributed by atoms with Gasteiger partial charge in [-0.25, -0.2) is 13.6 Å². The molecule has 0 spiro atoms. The van der Waals surface area contributed by atoms with Crippen molar-refractivity contribution in [1.82, 2.24) is 5.32 Å². The Bertz CT molecular complexity index is 542. The molecule has 0 aromatic heterocycles. The molecular weight excluding hydrogens is 256 g/mol. The molecular formula is C10H16N4O3S. The highest BCUT2D eigenvalue weighted by molar-refractivity contribution is 7.89. The van der Waals surface area contributed by atoms with Gasteiger partial charge in [0.1, 0.15) is 0 Å². The van der Waals surface area contributed by atoms with Crippen LogP contribution in [-0.2, 0) is 14.8 Å². The first kappa shape index (κ1) is 14.3. The van der Waals surface area contributed by atoms with Gasteiger partial charge < -0.3 is 16.4 Å². The lowest BCUT2D eigenvalue weighted by atomic mass is 10.3. The van der Waals surface area contributed by atoms with Crippen molar-refractivity contribution in [3.8, 4) is 0 Å². The molecule has 1 aromatic carbocycles. The Labute approximate surface area is 106 Å². The molecule has 0 aliphatic heterocycles. The number of anilines is 2. The van der Waals surface area contributed by atoms with Gasteiger partial charge in [0.2, 0.25) is 15.9 Å². The molecule has 0 heterocycles. The summed E-state index contributed by atoms with van der Waals surface area (Å²) in [7, 11) is -3.78. The minimum Gasteiger partial charge on any atom is -0.399 e. The fourth-order valence-electron chi connectivity index (χ4n) is 1.33. The number of nitrogen functional groups attached to an aromatic ring is 1. The van der Waals surface area contributed by atoms with E-state index in [0.717, 1.165) is 0 Å². The highest BCUT2D eigenvalue weighted by Gasteiger charge is 2.09. The van der Waals surface area contributed by atoms with E-state index in [1.54, 1.807) is 6.07 Å². The van der Waals surface area contributed by atoms with E-state index in [4.69, 9.17) is 10.9 Å². The number of amides is 1. The molecule has 0 bridgehead atoms. The molecule has 18 heavy (non-hydrogen) atoms. The molecule has 0 saturated heterocycles. The minimum atomic E-state index is -3.78. The monoisotopic (exact) mass is 272 g/mol. The predicted molar refractivity (Wildman–Crippen MR) is 69.4 cm³/mol. The Kier molecular flexibility index (Phi) is 4.51. The van der Waals surface area contributed by atoms with Crippen LogP contribution in [0.4, 0.5) is 11.4 Å². The summed E-state index contributed by atoms with van der Waals surface area (Å²) in [6.07, 6.45) is 0. The summed E-state index contributed by atoms with van der Waals surface area (Å²) in [4.78, 5) is 10.6. The summed E-state index contributed by atoms with van der Waals surface area (Å²) in [6, 6.07) is 4.26. The second-order valence-corrected chi connectivity index (χ2v) is 5.31. The van der Waals surface area contributed by atoms with Crippen molar-refractivity contribution >= 4 is 27.3 Å². The maximum absolute atomic E-state index is 11.2. The van der Waals surface area contributed by atoms with Crippen LogP contribution in [0.25, 0.3) is 0 Å². The van der Waals surface area contributed by atoms with Crippen molar-refractivity contribution in [2.45, 2.75) is 11.8 Å². The van der Waals surface area contributed by atoms with Gasteiger partial charge in [-0.3, -0.25) is 4.79 Å². The summed E-state index contributed by atoms with van der Waals surface area (Å²) in [5.74, 6) is -0.130. The number of sulfonamides is 1. The molecule has 0 fully saturated rings. The van der Waals surface area contributed by atoms with Crippen LogP contribution in [0.3, 0.4) is 0 Å². The van der Waals surface area contributed by atoms with Gasteiger partial charge in [-0.05, 0) is 18.2 Å². The van der Waals surface area contributed by atoms with Crippen molar-refractivity contribution in [2.24, 2.45) is 5.14 Å². The average molecular weight is 272 g/mol. The number of nitrogens with one attached hydrogen (secondary N) is 2. The summed E-state index contributed by atoms with van der Waals surface area (Å²) in [5.41, 5.74) is 6.41. The topological polar surface area (TPSA) is 127 Å². The number of nitrogens with two attached hydrogens (primary N) is 2. The molecule has 8 heteroatoms. The van der Waals surface area contributed by atoms with E-state index in [0.29, 0.717) is 24.5 Å². The third-order valence-corrected chi connectivity index (χ3v) is 2.98. The van der Waals surface area contributed by atoms with E-state index in [-0.39, 0.29) is 10.8 Å². The zero-order valence-corrected chi connectivity index (χ0v) is 10.8. The van der Waals surface area contributed by atoms with Gasteiger partial charge in [0.15, 0.2) is 0 Å². The molecule has 1 rings (SSSR count). The quantitative estimate of drug-likeness (QED) is 0.423. The zero-order chi connectivity index (χ0) is 13.8. The second-order valence-electron chi connectivity index (χ2n) is 3.75. The van der Waals surface area contributed by atoms with Crippen LogP contribution in [0.2, 0.25) is 0 Å². The summed E-state index contributed by atoms with van der Waals surface area (Å²) < 4.78 is 22.4. The Morgan fingerprint density at radius 2 is 1.94 bits per heavy atom. The molecule has 1 amide bonds. The molecule has 100 valence electrons. The van der Waals surface area contributed by atoms with E-state index in [9.17, 15) is 13.2 Å². The third-order valence-electron chi connectivity index (χ3n) is 2.09. The van der Waals surface area contributed by atoms with E-state index in [1.807, 2.05) is 0 Å². The first-order valence-electron chi connectivity index (χ1n) is 5.21. The van der Waals surface area contributed by atoms with Gasteiger partial charge in [-0.15, -0.1) is 0 Å². The standard InChI is InChI=1S/C10H16N4O3S/c1-7(15)13-2-3-14-9-4-8(11)5-10(6-9)18(12,16)17/h4-6,14H,2-3,11H2,1H3,(H,13,15)(H2,12,16,17). The number of benzene rings is 1. The maximum atomic E-state index is 11.2. The lowest BCUT2D eigenvalue weighted by Crippen LogP contribution is -2.26. The molecule has 1 aromatic rings. The van der Waals surface area contributed by atoms with Crippen molar-refractivity contribution < 1.29 is 13.2 Å². The molecule has 0 saturated carbocycles. The average Bonchev–Trinajstić information content (AvgIpc) is 2.22. The van der Waals surface area contributed by atoms with Gasteiger partial charge in [0, 0.05) is 31.4 Å². The molecule has 7 nitrogen and oxygen atoms in total. The lowest BCUT2D eigenvalue weighted by molar-refractivity contribution is -0.118. The summed E-state index contributed by atoms with van der Waals surface area (Å²) >= 11 is 0. The van der Waals surface area contributed by atoms with Gasteiger partial charge in [-0.1, -0.05) is 0 Å². The first-order chi connectivity index (χ1) is 8.29. The molecule has 6 N–H and O–H groups in total. The number of primary sulfonamides is 1. The Balaban J connectivity index is 2.72. The van der Waals surface area contributed by atoms with Crippen molar-refractivity contribution in [1.29, 1.82) is 0 Å². The van der Waals surface area contributed by atoms with Crippen LogP contribution < -0.4 is 21.5 Å². The van der Waals surface area contributed by atoms with Gasteiger partial charge in [0.25, 0.3) is 0 Å². The van der Waals surface area contributed by atoms with Crippen LogP contribution in [0.15, 0.2) is 23.1 Å². The van der Waals surface area contributed by atoms with E-state index in [1.165, 1.54) is 19.1 Å². The van der Waals surface area contributed by atoms with Gasteiger partial charge in [-0.2, -0.15) is 0 Å². The Morgan fingerprint density at radius 1 is 1.28 bits per heavy atom. The first-order valence-corrected chi connectivity index (χ1v) is 6.75. The highest BCUT2D eigenvalue weighted by atomic mass is 32.2. The fourth-order valence-corrected chi connectivity index (χ4v) is 1.93. The van der Waals surface area contributed by atoms with Gasteiger partial charge >= 0.3 is 0 Å². The normalized spacial score (nSPS) is 11.0. The molecule has 0 radical (unpaired) electrons. The Morgan fingerprint density at radius 3 is 2.50 bits per heavy atom. The van der Waals surface area contributed by atoms with Crippen LogP contribution in [0, 0.1) is 0 Å². The maximum Gasteiger partial charge on any atom is 0.238 e. The lowest BCUT2D eigenvalue weighted by Gasteiger charge is -2.09. The van der Waals surface area contributed by atoms with Crippen LogP contribution in [0.1, 0.15) is 6.92 Å². The SMILES string of the molecule is CC(=O)NCCNc1cc(N)cc(S(N)(=O)=O)c1. The smallest absolute Gasteiger partial charge is 0.238 e. The minimum absolute atomic E-state index is 0.0514. The van der Waals surface area contributed by atoms with Crippen molar-refractivity contribution in [2.75, 3.05) is 24.1 Å². The second kappa shape index (κ2) is 5.69. The van der Waals surface area contributed by atoms with Crippen molar-refractivity contribution in [3.05, 3.63) is 18.2 Å². The summed E-state index contributed by atoms with van der Waals surface area (Å²) in [6.45, 7) is 2.29. The number of rotatable bonds is 5. The van der Waals surface area contributed by atoms with E-state index >= 15 is 0 Å². The number of carbonyl (C=O) groups excluding carboxylic acids is 1. The zero-order valence-electron chi connectivity index (χ0n) is 9.93. The van der Waals surface area contributed by atoms with E-state index < -0.39 is 10.0 Å². The molecule has 0 aliphatic rings. The molecule has 0 atom stereocenters. The number of hydrogen-bond donors (Lipinski definition) is 4. The summed E-state index contributed by atoms with van der Waals surface area (Å²) in [5, 5.41) is 10.6. The predicted octanol–water partition coefficient (Wildman–Crippen LogP) is -0.536. The van der Waals surface area contributed by atoms with Crippen LogP contribution in [0.5, 0.6) is 0 Å². The van der Waals surface area contributed by atoms with Crippen LogP contribution >= 0.6 is 0 Å². The van der Waals surface area contributed by atoms with Crippen molar-refractivity contribution in [3.63, 3.8) is 0 Å². The highest BCUT2D eigenvalue weighted by Crippen LogP contribution is 2.19. The van der Waals surface area contributed by atoms with Crippen LogP contribution in [-0.4, -0.2) is 27.4 Å². The van der Waals surface area contributed by atoms with E-state index in [2.05, 4.69) is 10.6 Å². The fraction of sp³-hybridized carbons (Fsp3) is 0.300. The van der Waals surface area contributed by atoms with Gasteiger partial charge in [0.05, 0.1) is 4.90 Å². The Hall–Kier alpha value is -1.80. The number of hydrogen-bond acceptors (Lipinski definition) is 5.